The maximum absolute atomic E-state index is 12.8. The summed E-state index contributed by atoms with van der Waals surface area (Å²) in [5, 5.41) is 40.8. The normalized spacial score (nSPS) is 15.1. The molecule has 348 valence electrons. The number of nitrogens with zero attached hydrogens (tertiary/aromatic N) is 4. The third-order valence-corrected chi connectivity index (χ3v) is 12.0. The summed E-state index contributed by atoms with van der Waals surface area (Å²) < 4.78 is 79.4. The summed E-state index contributed by atoms with van der Waals surface area (Å²) in [6, 6.07) is 21.2. The van der Waals surface area contributed by atoms with E-state index in [4.69, 9.17) is 10.8 Å². The Hall–Kier alpha value is -7.38. The van der Waals surface area contributed by atoms with Crippen molar-refractivity contribution in [3.05, 3.63) is 133 Å². The number of nitrogens with two attached hydrogens (primary N) is 1. The number of fused-ring (bicyclic) bond motifs is 2. The number of halogens is 6. The summed E-state index contributed by atoms with van der Waals surface area (Å²) in [7, 11) is 0. The summed E-state index contributed by atoms with van der Waals surface area (Å²) in [6.45, 7) is 0. The first-order valence-corrected chi connectivity index (χ1v) is 21.1. The van der Waals surface area contributed by atoms with Gasteiger partial charge >= 0.3 is 18.3 Å². The maximum atomic E-state index is 12.8. The highest BCUT2D eigenvalue weighted by Gasteiger charge is 2.37. The zero-order valence-electron chi connectivity index (χ0n) is 35.5. The molecule has 2 aliphatic rings. The van der Waals surface area contributed by atoms with Gasteiger partial charge in [-0.15, -0.1) is 0 Å². The minimum atomic E-state index is -4.39. The van der Waals surface area contributed by atoms with Crippen LogP contribution in [0.4, 0.5) is 37.7 Å². The van der Waals surface area contributed by atoms with E-state index in [2.05, 4.69) is 25.5 Å². The van der Waals surface area contributed by atoms with Crippen LogP contribution in [0.25, 0.3) is 55.4 Å². The molecule has 0 radical (unpaired) electrons. The number of carboxylic acid groups (broad SMARTS) is 1. The van der Waals surface area contributed by atoms with E-state index >= 15 is 0 Å². The van der Waals surface area contributed by atoms with E-state index < -0.39 is 40.7 Å². The number of aliphatic hydroxyl groups is 2. The predicted molar refractivity (Wildman–Crippen MR) is 239 cm³/mol. The van der Waals surface area contributed by atoms with Gasteiger partial charge in [-0.3, -0.25) is 9.59 Å². The molecule has 0 saturated heterocycles. The Morgan fingerprint density at radius 3 is 1.52 bits per heavy atom. The van der Waals surface area contributed by atoms with Crippen LogP contribution in [0.5, 0.6) is 0 Å². The van der Waals surface area contributed by atoms with E-state index in [-0.39, 0.29) is 18.7 Å². The topological polar surface area (TPSA) is 200 Å². The number of anilines is 2. The average molecular weight is 927 g/mol. The fourth-order valence-electron chi connectivity index (χ4n) is 7.86. The molecule has 4 heterocycles. The van der Waals surface area contributed by atoms with Crippen molar-refractivity contribution < 1.29 is 51.3 Å². The van der Waals surface area contributed by atoms with E-state index in [9.17, 15) is 46.1 Å². The molecular formula is C48H44F6N8O5. The van der Waals surface area contributed by atoms with Crippen LogP contribution in [-0.2, 0) is 21.9 Å². The molecule has 4 aromatic carbocycles. The van der Waals surface area contributed by atoms with Gasteiger partial charge in [-0.2, -0.15) is 36.5 Å². The van der Waals surface area contributed by atoms with Gasteiger partial charge in [-0.25, -0.2) is 9.36 Å². The number of H-pyrrole nitrogens is 2. The molecule has 4 aromatic heterocycles. The second kappa shape index (κ2) is 18.1. The van der Waals surface area contributed by atoms with Gasteiger partial charge in [0, 0.05) is 57.7 Å². The Morgan fingerprint density at radius 1 is 0.642 bits per heavy atom. The lowest BCUT2D eigenvalue weighted by Crippen LogP contribution is -2.40. The van der Waals surface area contributed by atoms with Crippen LogP contribution in [0.15, 0.2) is 122 Å². The lowest BCUT2D eigenvalue weighted by molar-refractivity contribution is -0.146. The Kier molecular flexibility index (Phi) is 12.5. The van der Waals surface area contributed by atoms with Gasteiger partial charge in [-0.05, 0) is 122 Å². The van der Waals surface area contributed by atoms with Crippen molar-refractivity contribution >= 4 is 45.1 Å². The van der Waals surface area contributed by atoms with Crippen LogP contribution in [0.3, 0.4) is 0 Å². The number of nitrogens with one attached hydrogen (secondary N) is 3. The molecule has 0 bridgehead atoms. The van der Waals surface area contributed by atoms with Crippen molar-refractivity contribution in [2.75, 3.05) is 11.1 Å². The first-order chi connectivity index (χ1) is 31.7. The number of carbonyl (C=O) groups is 2. The fraction of sp³-hybridized carbons (Fsp3) is 0.250. The molecule has 19 heteroatoms. The summed E-state index contributed by atoms with van der Waals surface area (Å²) in [5.74, 6) is -1.14. The third kappa shape index (κ3) is 10.7. The van der Waals surface area contributed by atoms with E-state index in [1.54, 1.807) is 41.9 Å². The highest BCUT2D eigenvalue weighted by molar-refractivity contribution is 6.03. The minimum Gasteiger partial charge on any atom is -0.481 e. The van der Waals surface area contributed by atoms with Gasteiger partial charge in [-0.1, -0.05) is 12.1 Å². The molecule has 0 spiro atoms. The second-order valence-corrected chi connectivity index (χ2v) is 16.9. The lowest BCUT2D eigenvalue weighted by Gasteiger charge is -2.35. The molecule has 0 unspecified atom stereocenters. The SMILES string of the molecule is Nc1c[nH]c2ccc(-c3cnn(-c4ccc(C(F)(F)F)cc4)c3)cc12.O=C(CC1(O)CCC1)Nc1c[nH]c2ccc(-c3cnn(-c4ccc(C(F)(F)F)cc4)c3)cc12.O=C(O)CC1(O)CCC1. The molecule has 1 amide bonds. The summed E-state index contributed by atoms with van der Waals surface area (Å²) >= 11 is 0. The number of aromatic nitrogens is 6. The van der Waals surface area contributed by atoms with Crippen molar-refractivity contribution in [2.24, 2.45) is 0 Å². The maximum Gasteiger partial charge on any atom is 0.416 e. The summed E-state index contributed by atoms with van der Waals surface area (Å²) in [4.78, 5) is 28.6. The standard InChI is InChI=1S/C24H21F3N4O2.C18H13F3N4.C6H10O3/c25-24(26,27)17-3-5-18(6-4-17)31-14-16(12-29-31)15-2-7-20-19(10-15)21(13-28-20)30-22(32)11-23(33)8-1-9-23;19-18(20,21)13-2-4-14(5-3-13)25-10-12(8-24-25)11-1-6-17-15(7-11)16(22)9-23-17;7-5(8)4-6(9)2-1-3-6/h2-7,10,12-14,28,33H,1,8-9,11H2,(H,30,32);1-10,23H,22H2;9H,1-4H2,(H,7,8). The van der Waals surface area contributed by atoms with Gasteiger partial charge < -0.3 is 36.3 Å². The summed E-state index contributed by atoms with van der Waals surface area (Å²) in [6.07, 6.45) is 5.98. The monoisotopic (exact) mass is 926 g/mol. The van der Waals surface area contributed by atoms with Crippen LogP contribution < -0.4 is 11.1 Å². The van der Waals surface area contributed by atoms with Crippen molar-refractivity contribution in [1.82, 2.24) is 29.5 Å². The molecule has 0 atom stereocenters. The van der Waals surface area contributed by atoms with E-state index in [0.717, 1.165) is 81.2 Å². The molecule has 8 aromatic rings. The number of rotatable bonds is 9. The number of hydrogen-bond donors (Lipinski definition) is 7. The van der Waals surface area contributed by atoms with Crippen molar-refractivity contribution in [1.29, 1.82) is 0 Å². The van der Waals surface area contributed by atoms with Crippen LogP contribution in [0.2, 0.25) is 0 Å². The first kappa shape index (κ1) is 46.2. The number of carbonyl (C=O) groups excluding carboxylic acids is 1. The number of alkyl halides is 6. The van der Waals surface area contributed by atoms with E-state index in [0.29, 0.717) is 48.4 Å². The van der Waals surface area contributed by atoms with Gasteiger partial charge in [0.1, 0.15) is 0 Å². The average Bonchev–Trinajstić information content (AvgIpc) is 4.10. The second-order valence-electron chi connectivity index (χ2n) is 16.9. The van der Waals surface area contributed by atoms with Crippen LogP contribution in [0, 0.1) is 0 Å². The number of amides is 1. The predicted octanol–water partition coefficient (Wildman–Crippen LogP) is 10.3. The van der Waals surface area contributed by atoms with Crippen LogP contribution in [-0.4, -0.2) is 67.9 Å². The Balaban J connectivity index is 0.000000157. The highest BCUT2D eigenvalue weighted by atomic mass is 19.4. The molecule has 2 fully saturated rings. The van der Waals surface area contributed by atoms with E-state index in [1.807, 2.05) is 36.4 Å². The number of benzene rings is 4. The number of hydrogen-bond acceptors (Lipinski definition) is 7. The highest BCUT2D eigenvalue weighted by Crippen LogP contribution is 2.37. The number of carboxylic acids is 1. The van der Waals surface area contributed by atoms with Crippen molar-refractivity contribution in [3.63, 3.8) is 0 Å². The number of nitrogen functional groups attached to an aromatic ring is 1. The van der Waals surface area contributed by atoms with Gasteiger partial charge in [0.2, 0.25) is 5.91 Å². The van der Waals surface area contributed by atoms with Gasteiger partial charge in [0.15, 0.2) is 0 Å². The zero-order chi connectivity index (χ0) is 47.7. The molecular weight excluding hydrogens is 883 g/mol. The van der Waals surface area contributed by atoms with Gasteiger partial charge in [0.05, 0.1) is 70.3 Å². The fourth-order valence-corrected chi connectivity index (χ4v) is 7.86. The molecule has 10 rings (SSSR count). The Morgan fingerprint density at radius 2 is 1.09 bits per heavy atom. The summed E-state index contributed by atoms with van der Waals surface area (Å²) in [5.41, 5.74) is 10.3. The number of aromatic amines is 2. The largest absolute Gasteiger partial charge is 0.481 e. The molecule has 13 nitrogen and oxygen atoms in total. The van der Waals surface area contributed by atoms with Crippen LogP contribution >= 0.6 is 0 Å². The quantitative estimate of drug-likeness (QED) is 0.0693. The Labute approximate surface area is 377 Å². The Bertz CT molecular complexity index is 3030. The number of aliphatic carboxylic acids is 1. The molecule has 2 aliphatic carbocycles. The van der Waals surface area contributed by atoms with Crippen LogP contribution in [0.1, 0.15) is 62.5 Å². The molecule has 0 aliphatic heterocycles. The smallest absolute Gasteiger partial charge is 0.416 e. The third-order valence-electron chi connectivity index (χ3n) is 12.0. The lowest BCUT2D eigenvalue weighted by atomic mass is 9.78. The molecule has 67 heavy (non-hydrogen) atoms. The van der Waals surface area contributed by atoms with Crippen molar-refractivity contribution in [3.8, 4) is 33.6 Å². The van der Waals surface area contributed by atoms with Gasteiger partial charge in [0.25, 0.3) is 0 Å². The minimum absolute atomic E-state index is 0.0687. The molecule has 8 N–H and O–H groups in total. The van der Waals surface area contributed by atoms with E-state index in [1.165, 1.54) is 28.9 Å². The first-order valence-electron chi connectivity index (χ1n) is 21.1. The molecule has 2 saturated carbocycles. The zero-order valence-corrected chi connectivity index (χ0v) is 35.5. The van der Waals surface area contributed by atoms with Crippen molar-refractivity contribution in [2.45, 2.75) is 74.9 Å².